The Kier molecular flexibility index (Phi) is 20.9. The van der Waals surface area contributed by atoms with Gasteiger partial charge in [0.2, 0.25) is 18.1 Å². The first-order valence-electron chi connectivity index (χ1n) is 22.5. The zero-order chi connectivity index (χ0) is 55.2. The van der Waals surface area contributed by atoms with Gasteiger partial charge in [0.1, 0.15) is 37.6 Å². The molecule has 2 aliphatic rings. The maximum absolute atomic E-state index is 14.8. The molecule has 1 amide bonds. The van der Waals surface area contributed by atoms with Gasteiger partial charge in [0.05, 0.1) is 36.3 Å². The van der Waals surface area contributed by atoms with Crippen LogP contribution in [-0.4, -0.2) is 151 Å². The topological polar surface area (TPSA) is 300 Å². The van der Waals surface area contributed by atoms with Gasteiger partial charge in [-0.25, -0.2) is 19.2 Å². The lowest BCUT2D eigenvalue weighted by Crippen LogP contribution is -2.72. The molecule has 2 heterocycles. The third kappa shape index (κ3) is 16.3. The summed E-state index contributed by atoms with van der Waals surface area (Å²) in [5.41, 5.74) is -0.177. The van der Waals surface area contributed by atoms with E-state index in [0.717, 1.165) is 41.7 Å². The molecule has 0 saturated carbocycles. The SMILES string of the molecule is COC(=O)[C@@]1(O[C@H]2[C@@H](OC(=O)c3ccccc3)[C@@H](COC(=O)c3ccccc3)OC(OC(=N)C(Cl)(Cl)Cl)[C@@H]2OC(=O)c2ccccc2)C[C@H](OC(C)=O)[C@@H](NC(C)=O)[C@H]([C@H](OC(C)=O)[C@@H](COC(C)=O)OC(C)=O)O1. The molecule has 2 saturated heterocycles. The molecular formula is C49H51Cl3N2O21. The summed E-state index contributed by atoms with van der Waals surface area (Å²) >= 11 is 18.3. The van der Waals surface area contributed by atoms with E-state index in [4.69, 9.17) is 97.1 Å². The van der Waals surface area contributed by atoms with E-state index in [9.17, 15) is 43.2 Å². The molecule has 0 radical (unpaired) electrons. The number of ether oxygens (including phenoxy) is 12. The van der Waals surface area contributed by atoms with Crippen LogP contribution in [0.4, 0.5) is 0 Å². The predicted molar refractivity (Wildman–Crippen MR) is 256 cm³/mol. The Balaban J connectivity index is 1.83. The molecule has 404 valence electrons. The highest BCUT2D eigenvalue weighted by Gasteiger charge is 2.64. The monoisotopic (exact) mass is 1110 g/mol. The summed E-state index contributed by atoms with van der Waals surface area (Å²) in [7, 11) is 0.863. The maximum Gasteiger partial charge on any atom is 0.366 e. The summed E-state index contributed by atoms with van der Waals surface area (Å²) in [5.74, 6) is -13.9. The van der Waals surface area contributed by atoms with E-state index < -0.39 is 150 Å². The Morgan fingerprint density at radius 3 is 1.65 bits per heavy atom. The van der Waals surface area contributed by atoms with Crippen molar-refractivity contribution in [3.8, 4) is 0 Å². The Hall–Kier alpha value is -6.89. The number of alkyl halides is 3. The molecule has 5 rings (SSSR count). The van der Waals surface area contributed by atoms with Crippen LogP contribution in [0.25, 0.3) is 0 Å². The van der Waals surface area contributed by atoms with Crippen LogP contribution in [0.3, 0.4) is 0 Å². The van der Waals surface area contributed by atoms with Gasteiger partial charge in [-0.05, 0) is 36.4 Å². The fourth-order valence-corrected chi connectivity index (χ4v) is 7.91. The largest absolute Gasteiger partial charge is 0.465 e. The first-order valence-corrected chi connectivity index (χ1v) is 23.6. The molecule has 0 aliphatic carbocycles. The first-order chi connectivity index (χ1) is 35.4. The Bertz CT molecular complexity index is 2550. The number of carbonyl (C=O) groups is 9. The summed E-state index contributed by atoms with van der Waals surface area (Å²) in [6.07, 6.45) is -19.4. The van der Waals surface area contributed by atoms with Crippen molar-refractivity contribution in [1.82, 2.24) is 5.32 Å². The molecule has 26 heteroatoms. The minimum atomic E-state index is -3.13. The van der Waals surface area contributed by atoms with Crippen LogP contribution in [0, 0.1) is 5.41 Å². The molecule has 2 fully saturated rings. The number of amides is 1. The summed E-state index contributed by atoms with van der Waals surface area (Å²) in [4.78, 5) is 121. The number of benzene rings is 3. The van der Waals surface area contributed by atoms with Gasteiger partial charge in [-0.2, -0.15) is 0 Å². The van der Waals surface area contributed by atoms with Crippen molar-refractivity contribution >= 4 is 94.4 Å². The van der Waals surface area contributed by atoms with E-state index in [1.165, 1.54) is 60.7 Å². The molecule has 3 aromatic rings. The number of halogens is 3. The predicted octanol–water partition coefficient (Wildman–Crippen LogP) is 4.29. The van der Waals surface area contributed by atoms with Gasteiger partial charge in [0.15, 0.2) is 24.4 Å². The molecule has 75 heavy (non-hydrogen) atoms. The number of esters is 8. The van der Waals surface area contributed by atoms with Gasteiger partial charge in [-0.1, -0.05) is 89.4 Å². The van der Waals surface area contributed by atoms with E-state index >= 15 is 0 Å². The lowest BCUT2D eigenvalue weighted by atomic mass is 9.87. The molecule has 0 aromatic heterocycles. The standard InChI is InChI=1S/C49H51Cl3N2O21/c1-25(55)54-36-33(67-27(3)57)22-48(47(63)64-6,74-39(36)37(69-29(5)59)34(68-28(4)58)23-65-26(2)56)75-40-38(71-43(61)31-18-12-8-13-19-31)35(24-66-42(60)30-16-10-7-11-17-30)70-45(73-46(53)49(50,51)52)41(40)72-44(62)32-20-14-9-15-21-32/h7-21,33-41,45,53H,22-24H2,1-6H3,(H,54,55)/t33-,34+,35+,36+,37+,38-,39+,40-,41+,45?,48-/m0/s1. The zero-order valence-electron chi connectivity index (χ0n) is 40.8. The highest BCUT2D eigenvalue weighted by atomic mass is 35.6. The van der Waals surface area contributed by atoms with Gasteiger partial charge in [0.25, 0.3) is 9.58 Å². The van der Waals surface area contributed by atoms with Crippen molar-refractivity contribution in [1.29, 1.82) is 5.41 Å². The van der Waals surface area contributed by atoms with Crippen molar-refractivity contribution in [2.24, 2.45) is 0 Å². The Morgan fingerprint density at radius 1 is 0.667 bits per heavy atom. The van der Waals surface area contributed by atoms with Crippen molar-refractivity contribution in [2.75, 3.05) is 20.3 Å². The quantitative estimate of drug-likeness (QED) is 0.0556. The number of hydrogen-bond donors (Lipinski definition) is 2. The van der Waals surface area contributed by atoms with E-state index in [-0.39, 0.29) is 16.7 Å². The third-order valence-corrected chi connectivity index (χ3v) is 11.3. The van der Waals surface area contributed by atoms with E-state index in [1.807, 2.05) is 0 Å². The van der Waals surface area contributed by atoms with Crippen molar-refractivity contribution in [2.45, 2.75) is 112 Å². The summed E-state index contributed by atoms with van der Waals surface area (Å²) < 4.78 is 67.8. The average Bonchev–Trinajstić information content (AvgIpc) is 3.36. The molecule has 2 N–H and O–H groups in total. The van der Waals surface area contributed by atoms with Crippen LogP contribution in [0.2, 0.25) is 0 Å². The summed E-state index contributed by atoms with van der Waals surface area (Å²) in [6, 6.07) is 20.3. The van der Waals surface area contributed by atoms with Crippen molar-refractivity contribution in [3.05, 3.63) is 108 Å². The lowest BCUT2D eigenvalue weighted by molar-refractivity contribution is -0.364. The minimum Gasteiger partial charge on any atom is -0.465 e. The van der Waals surface area contributed by atoms with Crippen LogP contribution >= 0.6 is 34.8 Å². The van der Waals surface area contributed by atoms with Crippen LogP contribution in [0.15, 0.2) is 91.0 Å². The van der Waals surface area contributed by atoms with Crippen molar-refractivity contribution in [3.63, 3.8) is 0 Å². The Labute approximate surface area is 443 Å². The van der Waals surface area contributed by atoms with Gasteiger partial charge in [-0.15, -0.1) is 0 Å². The van der Waals surface area contributed by atoms with Gasteiger partial charge in [-0.3, -0.25) is 29.4 Å². The number of rotatable bonds is 19. The molecule has 23 nitrogen and oxygen atoms in total. The molecule has 2 aliphatic heterocycles. The second-order valence-corrected chi connectivity index (χ2v) is 18.7. The lowest BCUT2D eigenvalue weighted by Gasteiger charge is -2.51. The highest BCUT2D eigenvalue weighted by Crippen LogP contribution is 2.42. The number of methoxy groups -OCH3 is 1. The number of hydrogen-bond acceptors (Lipinski definition) is 22. The fourth-order valence-electron chi connectivity index (χ4n) is 7.78. The maximum atomic E-state index is 14.8. The molecular weight excluding hydrogens is 1060 g/mol. The second kappa shape index (κ2) is 26.5. The van der Waals surface area contributed by atoms with Crippen LogP contribution in [0.1, 0.15) is 72.1 Å². The first kappa shape index (κ1) is 59.0. The Morgan fingerprint density at radius 2 is 1.19 bits per heavy atom. The molecule has 0 bridgehead atoms. The van der Waals surface area contributed by atoms with Crippen LogP contribution in [0.5, 0.6) is 0 Å². The number of carbonyl (C=O) groups excluding carboxylic acids is 9. The van der Waals surface area contributed by atoms with E-state index in [0.29, 0.717) is 0 Å². The molecule has 0 spiro atoms. The van der Waals surface area contributed by atoms with Crippen LogP contribution in [-0.2, 0) is 85.6 Å². The average molecular weight is 1110 g/mol. The fraction of sp³-hybridized carbons (Fsp3) is 0.429. The highest BCUT2D eigenvalue weighted by molar-refractivity contribution is 6.76. The third-order valence-electron chi connectivity index (χ3n) is 10.8. The second-order valence-electron chi connectivity index (χ2n) is 16.4. The minimum absolute atomic E-state index is 0.0408. The molecule has 11 atom stereocenters. The smallest absolute Gasteiger partial charge is 0.366 e. The van der Waals surface area contributed by atoms with Gasteiger partial charge in [0, 0.05) is 34.6 Å². The van der Waals surface area contributed by atoms with Crippen LogP contribution < -0.4 is 5.32 Å². The van der Waals surface area contributed by atoms with E-state index in [2.05, 4.69) is 5.32 Å². The van der Waals surface area contributed by atoms with Gasteiger partial charge < -0.3 is 62.2 Å². The summed E-state index contributed by atoms with van der Waals surface area (Å²) in [5, 5.41) is 11.1. The van der Waals surface area contributed by atoms with Crippen molar-refractivity contribution < 1.29 is 100.0 Å². The molecule has 3 aromatic carbocycles. The zero-order valence-corrected chi connectivity index (χ0v) is 43.0. The normalized spacial score (nSPS) is 24.0. The summed E-state index contributed by atoms with van der Waals surface area (Å²) in [6.45, 7) is 3.15. The molecule has 1 unspecified atom stereocenters. The van der Waals surface area contributed by atoms with Gasteiger partial charge >= 0.3 is 47.8 Å². The van der Waals surface area contributed by atoms with E-state index in [1.54, 1.807) is 30.3 Å². The number of nitrogens with one attached hydrogen (secondary N) is 2.